The molecule has 3 fully saturated rings. The minimum absolute atomic E-state index is 0.0233. The molecule has 0 bridgehead atoms. The third-order valence-corrected chi connectivity index (χ3v) is 11.4. The molecule has 0 saturated heterocycles. The average molecular weight is 489 g/mol. The predicted octanol–water partition coefficient (Wildman–Crippen LogP) is 8.65. The zero-order chi connectivity index (χ0) is 24.5. The number of ether oxygens (including phenoxy) is 1. The Balaban J connectivity index is 1.41. The lowest BCUT2D eigenvalue weighted by atomic mass is 9.47. The van der Waals surface area contributed by atoms with E-state index in [9.17, 15) is 4.79 Å². The molecule has 0 aromatic rings. The zero-order valence-electron chi connectivity index (χ0n) is 22.8. The van der Waals surface area contributed by atoms with E-state index in [0.717, 1.165) is 60.5 Å². The summed E-state index contributed by atoms with van der Waals surface area (Å²) in [5, 5.41) is 0. The van der Waals surface area contributed by atoms with Crippen LogP contribution in [-0.4, -0.2) is 17.8 Å². The maximum atomic E-state index is 12.2. The van der Waals surface area contributed by atoms with Crippen LogP contribution >= 0.6 is 12.6 Å². The van der Waals surface area contributed by atoms with Crippen LogP contribution in [-0.2, 0) is 9.53 Å². The van der Waals surface area contributed by atoms with Gasteiger partial charge < -0.3 is 4.74 Å². The summed E-state index contributed by atoms with van der Waals surface area (Å²) in [7, 11) is 0. The number of hydrogen-bond donors (Lipinski definition) is 1. The highest BCUT2D eigenvalue weighted by Crippen LogP contribution is 2.67. The van der Waals surface area contributed by atoms with Gasteiger partial charge in [-0.05, 0) is 103 Å². The first kappa shape index (κ1) is 26.6. The lowest BCUT2D eigenvalue weighted by molar-refractivity contribution is -0.151. The summed E-state index contributed by atoms with van der Waals surface area (Å²) >= 11 is 4.23. The third-order valence-electron chi connectivity index (χ3n) is 11.1. The van der Waals surface area contributed by atoms with E-state index in [2.05, 4.69) is 53.3 Å². The van der Waals surface area contributed by atoms with Crippen molar-refractivity contribution >= 4 is 18.6 Å². The van der Waals surface area contributed by atoms with Gasteiger partial charge in [0, 0.05) is 12.8 Å². The van der Waals surface area contributed by atoms with Crippen LogP contribution in [0.25, 0.3) is 0 Å². The van der Waals surface area contributed by atoms with E-state index in [1.54, 1.807) is 5.57 Å². The number of allylic oxidation sites excluding steroid dienone is 1. The summed E-state index contributed by atoms with van der Waals surface area (Å²) in [5.74, 6) is 5.99. The van der Waals surface area contributed by atoms with Gasteiger partial charge in [-0.1, -0.05) is 65.5 Å². The molecule has 8 atom stereocenters. The Morgan fingerprint density at radius 2 is 1.85 bits per heavy atom. The number of fused-ring (bicyclic) bond motifs is 5. The van der Waals surface area contributed by atoms with Crippen LogP contribution in [0.2, 0.25) is 0 Å². The summed E-state index contributed by atoms with van der Waals surface area (Å²) < 4.78 is 5.88. The Morgan fingerprint density at radius 1 is 1.06 bits per heavy atom. The van der Waals surface area contributed by atoms with Crippen molar-refractivity contribution < 1.29 is 9.53 Å². The Bertz CT molecular complexity index is 744. The fourth-order valence-corrected chi connectivity index (χ4v) is 9.38. The molecule has 0 aliphatic heterocycles. The second-order valence-electron chi connectivity index (χ2n) is 13.5. The number of esters is 1. The van der Waals surface area contributed by atoms with Gasteiger partial charge in [-0.2, -0.15) is 12.6 Å². The van der Waals surface area contributed by atoms with Gasteiger partial charge in [-0.3, -0.25) is 4.79 Å². The molecular weight excluding hydrogens is 436 g/mol. The molecule has 2 nitrogen and oxygen atoms in total. The van der Waals surface area contributed by atoms with Crippen molar-refractivity contribution in [3.8, 4) is 0 Å². The monoisotopic (exact) mass is 488 g/mol. The number of thiol groups is 1. The van der Waals surface area contributed by atoms with E-state index in [-0.39, 0.29) is 12.1 Å². The van der Waals surface area contributed by atoms with Crippen LogP contribution < -0.4 is 0 Å². The van der Waals surface area contributed by atoms with Gasteiger partial charge in [0.2, 0.25) is 0 Å². The lowest BCUT2D eigenvalue weighted by Gasteiger charge is -2.58. The third kappa shape index (κ3) is 5.16. The molecule has 3 saturated carbocycles. The first-order valence-electron chi connectivity index (χ1n) is 14.7. The predicted molar refractivity (Wildman–Crippen MR) is 146 cm³/mol. The van der Waals surface area contributed by atoms with E-state index >= 15 is 0 Å². The zero-order valence-corrected chi connectivity index (χ0v) is 23.7. The fraction of sp³-hybridized carbons (Fsp3) is 0.903. The summed E-state index contributed by atoms with van der Waals surface area (Å²) in [6.07, 6.45) is 18.5. The molecule has 0 N–H and O–H groups in total. The number of carbonyl (C=O) groups is 1. The topological polar surface area (TPSA) is 26.3 Å². The van der Waals surface area contributed by atoms with Gasteiger partial charge in [-0.15, -0.1) is 0 Å². The molecule has 0 aromatic heterocycles. The average Bonchev–Trinajstić information content (AvgIpc) is 3.15. The minimum atomic E-state index is -0.0233. The van der Waals surface area contributed by atoms with Crippen LogP contribution in [0.4, 0.5) is 0 Å². The van der Waals surface area contributed by atoms with Crippen LogP contribution in [0.5, 0.6) is 0 Å². The number of hydrogen-bond acceptors (Lipinski definition) is 3. The van der Waals surface area contributed by atoms with Crippen molar-refractivity contribution in [2.75, 3.05) is 5.75 Å². The van der Waals surface area contributed by atoms with Crippen molar-refractivity contribution in [1.29, 1.82) is 0 Å². The summed E-state index contributed by atoms with van der Waals surface area (Å²) in [6.45, 7) is 12.6. The molecule has 0 amide bonds. The van der Waals surface area contributed by atoms with E-state index in [1.165, 1.54) is 57.8 Å². The van der Waals surface area contributed by atoms with Crippen LogP contribution in [0.3, 0.4) is 0 Å². The molecule has 0 spiro atoms. The second kappa shape index (κ2) is 10.9. The molecule has 4 rings (SSSR count). The lowest BCUT2D eigenvalue weighted by Crippen LogP contribution is -2.51. The number of carbonyl (C=O) groups excluding carboxylic acids is 1. The SMILES string of the molecule is CC(C)CCC[C@@H](C)[C@H]1CCC2C3CC=C4CC(OC(=O)CCCS)CCC4(C)C3CCC21C. The van der Waals surface area contributed by atoms with Crippen LogP contribution in [0.15, 0.2) is 11.6 Å². The summed E-state index contributed by atoms with van der Waals surface area (Å²) in [5.41, 5.74) is 2.51. The molecule has 4 aliphatic rings. The van der Waals surface area contributed by atoms with Crippen molar-refractivity contribution in [3.63, 3.8) is 0 Å². The van der Waals surface area contributed by atoms with Crippen molar-refractivity contribution in [3.05, 3.63) is 11.6 Å². The van der Waals surface area contributed by atoms with Gasteiger partial charge in [0.25, 0.3) is 0 Å². The summed E-state index contributed by atoms with van der Waals surface area (Å²) in [4.78, 5) is 12.2. The van der Waals surface area contributed by atoms with Gasteiger partial charge in [-0.25, -0.2) is 0 Å². The molecule has 4 aliphatic carbocycles. The normalized spacial score (nSPS) is 40.2. The Hall–Kier alpha value is -0.440. The Morgan fingerprint density at radius 3 is 2.59 bits per heavy atom. The van der Waals surface area contributed by atoms with Crippen molar-refractivity contribution in [2.45, 2.75) is 124 Å². The molecule has 0 aromatic carbocycles. The maximum Gasteiger partial charge on any atom is 0.306 e. The molecule has 34 heavy (non-hydrogen) atoms. The standard InChI is InChI=1S/C31H52O2S/c1-21(2)8-6-9-22(3)26-13-14-27-25-12-11-23-20-24(33-29(32)10-7-19-34)15-17-30(23,4)28(25)16-18-31(26,27)5/h11,21-22,24-28,34H,6-10,12-20H2,1-5H3/t22-,24?,25?,26-,27?,28?,30?,31?/m1/s1. The number of rotatable bonds is 9. The molecule has 0 radical (unpaired) electrons. The minimum Gasteiger partial charge on any atom is -0.462 e. The first-order chi connectivity index (χ1) is 16.2. The highest BCUT2D eigenvalue weighted by molar-refractivity contribution is 7.80. The van der Waals surface area contributed by atoms with E-state index < -0.39 is 0 Å². The van der Waals surface area contributed by atoms with Gasteiger partial charge in [0.05, 0.1) is 0 Å². The van der Waals surface area contributed by atoms with Crippen LogP contribution in [0.1, 0.15) is 118 Å². The van der Waals surface area contributed by atoms with E-state index in [0.29, 0.717) is 17.3 Å². The molecule has 3 heteroatoms. The molecular formula is C31H52O2S. The van der Waals surface area contributed by atoms with Gasteiger partial charge >= 0.3 is 5.97 Å². The molecule has 6 unspecified atom stereocenters. The van der Waals surface area contributed by atoms with Gasteiger partial charge in [0.1, 0.15) is 6.10 Å². The first-order valence-corrected chi connectivity index (χ1v) is 15.3. The Labute approximate surface area is 215 Å². The smallest absolute Gasteiger partial charge is 0.306 e. The molecule has 194 valence electrons. The second-order valence-corrected chi connectivity index (χ2v) is 13.9. The quantitative estimate of drug-likeness (QED) is 0.200. The van der Waals surface area contributed by atoms with E-state index in [1.807, 2.05) is 0 Å². The Kier molecular flexibility index (Phi) is 8.53. The van der Waals surface area contributed by atoms with E-state index in [4.69, 9.17) is 4.74 Å². The highest BCUT2D eigenvalue weighted by atomic mass is 32.1. The van der Waals surface area contributed by atoms with Crippen molar-refractivity contribution in [1.82, 2.24) is 0 Å². The van der Waals surface area contributed by atoms with Gasteiger partial charge in [0.15, 0.2) is 0 Å². The summed E-state index contributed by atoms with van der Waals surface area (Å²) in [6, 6.07) is 0. The van der Waals surface area contributed by atoms with Crippen molar-refractivity contribution in [2.24, 2.45) is 46.3 Å². The highest BCUT2D eigenvalue weighted by Gasteiger charge is 2.59. The van der Waals surface area contributed by atoms with Crippen LogP contribution in [0, 0.1) is 46.3 Å². The fourth-order valence-electron chi connectivity index (χ4n) is 9.22. The largest absolute Gasteiger partial charge is 0.462 e. The maximum absolute atomic E-state index is 12.2. The molecule has 0 heterocycles.